The molecule has 0 radical (unpaired) electrons. The fraction of sp³-hybridized carbons (Fsp3) is 0.333. The van der Waals surface area contributed by atoms with Crippen molar-refractivity contribution in [1.82, 2.24) is 9.78 Å². The van der Waals surface area contributed by atoms with Gasteiger partial charge in [-0.05, 0) is 67.8 Å². The van der Waals surface area contributed by atoms with Crippen molar-refractivity contribution in [2.45, 2.75) is 26.3 Å². The third kappa shape index (κ3) is 5.36. The van der Waals surface area contributed by atoms with Crippen LogP contribution in [0.3, 0.4) is 0 Å². The van der Waals surface area contributed by atoms with E-state index in [1.54, 1.807) is 17.9 Å². The van der Waals surface area contributed by atoms with Gasteiger partial charge in [-0.25, -0.2) is 13.1 Å². The number of carbonyl (C=O) groups excluding carboxylic acids is 1. The van der Waals surface area contributed by atoms with Gasteiger partial charge in [0, 0.05) is 11.6 Å². The first-order chi connectivity index (χ1) is 15.7. The van der Waals surface area contributed by atoms with Crippen molar-refractivity contribution >= 4 is 21.6 Å². The minimum absolute atomic E-state index is 0.00124. The molecule has 1 N–H and O–H groups in total. The minimum atomic E-state index is -3.12. The van der Waals surface area contributed by atoms with Crippen molar-refractivity contribution in [3.05, 3.63) is 59.7 Å². The van der Waals surface area contributed by atoms with Gasteiger partial charge in [0.15, 0.2) is 16.4 Å². The van der Waals surface area contributed by atoms with Crippen molar-refractivity contribution < 1.29 is 22.7 Å². The summed E-state index contributed by atoms with van der Waals surface area (Å²) in [7, 11) is -1.53. The molecule has 0 spiro atoms. The maximum Gasteiger partial charge on any atom is 0.263 e. The first-order valence-electron chi connectivity index (χ1n) is 10.7. The molecule has 1 saturated heterocycles. The van der Waals surface area contributed by atoms with E-state index >= 15 is 0 Å². The Bertz CT molecular complexity index is 1270. The van der Waals surface area contributed by atoms with E-state index in [0.717, 1.165) is 22.4 Å². The minimum Gasteiger partial charge on any atom is -0.497 e. The molecule has 1 fully saturated rings. The van der Waals surface area contributed by atoms with Crippen LogP contribution in [0, 0.1) is 13.8 Å². The van der Waals surface area contributed by atoms with E-state index in [4.69, 9.17) is 9.47 Å². The maximum atomic E-state index is 12.6. The van der Waals surface area contributed by atoms with Crippen LogP contribution in [0.15, 0.2) is 48.5 Å². The molecule has 0 bridgehead atoms. The Morgan fingerprint density at radius 2 is 1.82 bits per heavy atom. The highest BCUT2D eigenvalue weighted by molar-refractivity contribution is 7.91. The molecule has 1 amide bonds. The Morgan fingerprint density at radius 3 is 2.45 bits per heavy atom. The molecule has 174 valence electrons. The molecule has 1 aliphatic heterocycles. The zero-order chi connectivity index (χ0) is 23.6. The lowest BCUT2D eigenvalue weighted by molar-refractivity contribution is -0.118. The van der Waals surface area contributed by atoms with Gasteiger partial charge in [-0.15, -0.1) is 0 Å². The molecule has 9 heteroatoms. The van der Waals surface area contributed by atoms with E-state index in [1.165, 1.54) is 0 Å². The number of nitrogens with zero attached hydrogens (tertiary/aromatic N) is 2. The number of anilines is 1. The van der Waals surface area contributed by atoms with E-state index in [-0.39, 0.29) is 30.1 Å². The first kappa shape index (κ1) is 22.8. The molecule has 3 aromatic rings. The molecule has 8 nitrogen and oxygen atoms in total. The van der Waals surface area contributed by atoms with Gasteiger partial charge in [0.1, 0.15) is 17.3 Å². The van der Waals surface area contributed by atoms with Gasteiger partial charge in [0.2, 0.25) is 0 Å². The quantitative estimate of drug-likeness (QED) is 0.568. The van der Waals surface area contributed by atoms with Crippen LogP contribution >= 0.6 is 0 Å². The highest BCUT2D eigenvalue weighted by Crippen LogP contribution is 2.31. The van der Waals surface area contributed by atoms with Crippen LogP contribution in [0.1, 0.15) is 23.6 Å². The van der Waals surface area contributed by atoms with Crippen LogP contribution in [-0.4, -0.2) is 49.3 Å². The third-order valence-corrected chi connectivity index (χ3v) is 7.54. The average molecular weight is 470 g/mol. The number of hydrogen-bond donors (Lipinski definition) is 1. The summed E-state index contributed by atoms with van der Waals surface area (Å²) < 4.78 is 36.5. The predicted molar refractivity (Wildman–Crippen MR) is 127 cm³/mol. The normalized spacial score (nSPS) is 17.0. The summed E-state index contributed by atoms with van der Waals surface area (Å²) in [5.74, 6) is 1.53. The number of ether oxygens (including phenoxy) is 2. The molecule has 1 atom stereocenters. The average Bonchev–Trinajstić information content (AvgIpc) is 3.37. The SMILES string of the molecule is COc1ccc(-c2cc(NC(=O)COc3ccc(C)c(C)c3)n([C@H]3CCS(=O)(=O)C3)n2)cc1. The number of amides is 1. The molecule has 1 aliphatic rings. The van der Waals surface area contributed by atoms with Crippen LogP contribution in [0.5, 0.6) is 11.5 Å². The number of sulfone groups is 1. The molecule has 2 heterocycles. The van der Waals surface area contributed by atoms with Crippen LogP contribution in [-0.2, 0) is 14.6 Å². The summed E-state index contributed by atoms with van der Waals surface area (Å²) in [5, 5.41) is 7.47. The van der Waals surface area contributed by atoms with Gasteiger partial charge in [-0.1, -0.05) is 6.07 Å². The second-order valence-electron chi connectivity index (χ2n) is 8.23. The molecule has 0 saturated carbocycles. The Kier molecular flexibility index (Phi) is 6.42. The highest BCUT2D eigenvalue weighted by atomic mass is 32.2. The lowest BCUT2D eigenvalue weighted by Gasteiger charge is -2.14. The summed E-state index contributed by atoms with van der Waals surface area (Å²) in [6, 6.07) is 14.5. The molecular formula is C24H27N3O5S. The fourth-order valence-electron chi connectivity index (χ4n) is 3.77. The molecule has 2 aromatic carbocycles. The Hall–Kier alpha value is -3.33. The summed E-state index contributed by atoms with van der Waals surface area (Å²) in [5.41, 5.74) is 3.69. The monoisotopic (exact) mass is 469 g/mol. The number of aryl methyl sites for hydroxylation is 2. The second-order valence-corrected chi connectivity index (χ2v) is 10.5. The van der Waals surface area contributed by atoms with Crippen LogP contribution in [0.2, 0.25) is 0 Å². The summed E-state index contributed by atoms with van der Waals surface area (Å²) >= 11 is 0. The Balaban J connectivity index is 1.54. The van der Waals surface area contributed by atoms with Crippen LogP contribution in [0.4, 0.5) is 5.82 Å². The molecule has 1 aromatic heterocycles. The smallest absolute Gasteiger partial charge is 0.263 e. The predicted octanol–water partition coefficient (Wildman–Crippen LogP) is 3.55. The Labute approximate surface area is 193 Å². The lowest BCUT2D eigenvalue weighted by Crippen LogP contribution is -2.23. The molecule has 0 aliphatic carbocycles. The van der Waals surface area contributed by atoms with Gasteiger partial charge in [-0.3, -0.25) is 4.79 Å². The van der Waals surface area contributed by atoms with Gasteiger partial charge >= 0.3 is 0 Å². The number of methoxy groups -OCH3 is 1. The zero-order valence-corrected chi connectivity index (χ0v) is 19.7. The summed E-state index contributed by atoms with van der Waals surface area (Å²) in [6.45, 7) is 3.82. The number of hydrogen-bond acceptors (Lipinski definition) is 6. The standard InChI is InChI=1S/C24H27N3O5S/c1-16-4-7-21(12-17(16)2)32-14-24(28)25-23-13-22(18-5-8-20(31-3)9-6-18)26-27(23)19-10-11-33(29,30)15-19/h4-9,12-13,19H,10-11,14-15H2,1-3H3,(H,25,28)/t19-/m0/s1. The highest BCUT2D eigenvalue weighted by Gasteiger charge is 2.31. The lowest BCUT2D eigenvalue weighted by atomic mass is 10.1. The summed E-state index contributed by atoms with van der Waals surface area (Å²) in [6.07, 6.45) is 0.452. The van der Waals surface area contributed by atoms with Crippen molar-refractivity contribution in [1.29, 1.82) is 0 Å². The second kappa shape index (κ2) is 9.27. The van der Waals surface area contributed by atoms with Crippen LogP contribution < -0.4 is 14.8 Å². The maximum absolute atomic E-state index is 12.6. The van der Waals surface area contributed by atoms with E-state index in [0.29, 0.717) is 23.7 Å². The van der Waals surface area contributed by atoms with Crippen molar-refractivity contribution in [2.75, 3.05) is 30.5 Å². The van der Waals surface area contributed by atoms with Crippen LogP contribution in [0.25, 0.3) is 11.3 Å². The molecule has 33 heavy (non-hydrogen) atoms. The number of rotatable bonds is 7. The first-order valence-corrected chi connectivity index (χ1v) is 12.5. The summed E-state index contributed by atoms with van der Waals surface area (Å²) in [4.78, 5) is 12.6. The van der Waals surface area contributed by atoms with E-state index in [1.807, 2.05) is 56.3 Å². The Morgan fingerprint density at radius 1 is 1.09 bits per heavy atom. The number of benzene rings is 2. The van der Waals surface area contributed by atoms with Gasteiger partial charge < -0.3 is 14.8 Å². The number of carbonyl (C=O) groups is 1. The third-order valence-electron chi connectivity index (χ3n) is 5.79. The molecule has 0 unspecified atom stereocenters. The van der Waals surface area contributed by atoms with E-state index in [2.05, 4.69) is 10.4 Å². The van der Waals surface area contributed by atoms with Crippen molar-refractivity contribution in [3.63, 3.8) is 0 Å². The molecule has 4 rings (SSSR count). The largest absolute Gasteiger partial charge is 0.497 e. The van der Waals surface area contributed by atoms with Crippen molar-refractivity contribution in [2.24, 2.45) is 0 Å². The van der Waals surface area contributed by atoms with Gasteiger partial charge in [-0.2, -0.15) is 5.10 Å². The zero-order valence-electron chi connectivity index (χ0n) is 18.9. The van der Waals surface area contributed by atoms with E-state index < -0.39 is 9.84 Å². The van der Waals surface area contributed by atoms with Gasteiger partial charge in [0.25, 0.3) is 5.91 Å². The fourth-order valence-corrected chi connectivity index (χ4v) is 5.46. The van der Waals surface area contributed by atoms with E-state index in [9.17, 15) is 13.2 Å². The topological polar surface area (TPSA) is 99.5 Å². The molecular weight excluding hydrogens is 442 g/mol. The van der Waals surface area contributed by atoms with Crippen molar-refractivity contribution in [3.8, 4) is 22.8 Å². The van der Waals surface area contributed by atoms with Gasteiger partial charge in [0.05, 0.1) is 30.4 Å². The number of aromatic nitrogens is 2. The number of nitrogens with one attached hydrogen (secondary N) is 1.